The largest absolute Gasteiger partial charge is 0.490 e. The Labute approximate surface area is 206 Å². The molecule has 0 saturated carbocycles. The van der Waals surface area contributed by atoms with Crippen LogP contribution in [0.2, 0.25) is 0 Å². The highest BCUT2D eigenvalue weighted by atomic mass is 16.6. The summed E-state index contributed by atoms with van der Waals surface area (Å²) in [7, 11) is 1.31. The number of rotatable bonds is 7. The highest BCUT2D eigenvalue weighted by Gasteiger charge is 2.19. The van der Waals surface area contributed by atoms with Gasteiger partial charge in [-0.15, -0.1) is 0 Å². The average molecular weight is 479 g/mol. The van der Waals surface area contributed by atoms with Gasteiger partial charge in [0.15, 0.2) is 5.75 Å². The summed E-state index contributed by atoms with van der Waals surface area (Å²) in [6.07, 6.45) is 0. The first-order chi connectivity index (χ1) is 17.5. The molecular formula is C28H21N3O5. The number of nitro benzene ring substituents is 1. The van der Waals surface area contributed by atoms with Gasteiger partial charge in [0.05, 0.1) is 28.6 Å². The van der Waals surface area contributed by atoms with E-state index in [1.165, 1.54) is 25.3 Å². The van der Waals surface area contributed by atoms with Crippen LogP contribution in [0.25, 0.3) is 22.4 Å². The van der Waals surface area contributed by atoms with Crippen molar-refractivity contribution >= 4 is 22.7 Å². The molecule has 0 amide bonds. The lowest BCUT2D eigenvalue weighted by Crippen LogP contribution is -2.09. The first-order valence-corrected chi connectivity index (χ1v) is 11.2. The van der Waals surface area contributed by atoms with E-state index >= 15 is 0 Å². The Hall–Kier alpha value is -4.98. The molecule has 0 radical (unpaired) electrons. The third kappa shape index (κ3) is 4.52. The van der Waals surface area contributed by atoms with E-state index in [1.807, 2.05) is 54.6 Å². The van der Waals surface area contributed by atoms with Gasteiger partial charge in [-0.25, -0.2) is 9.78 Å². The fourth-order valence-corrected chi connectivity index (χ4v) is 4.02. The lowest BCUT2D eigenvalue weighted by atomic mass is 10.1. The third-order valence-electron chi connectivity index (χ3n) is 5.77. The first kappa shape index (κ1) is 22.8. The van der Waals surface area contributed by atoms with Gasteiger partial charge in [-0.05, 0) is 48.0 Å². The number of aromatic nitrogens is 2. The number of nitrogens with zero attached hydrogens (tertiary/aromatic N) is 3. The molecule has 5 aromatic rings. The van der Waals surface area contributed by atoms with Crippen LogP contribution in [0.5, 0.6) is 11.5 Å². The van der Waals surface area contributed by atoms with Gasteiger partial charge in [-0.1, -0.05) is 42.5 Å². The lowest BCUT2D eigenvalue weighted by Gasteiger charge is -2.11. The van der Waals surface area contributed by atoms with E-state index in [4.69, 9.17) is 14.5 Å². The van der Waals surface area contributed by atoms with Crippen LogP contribution < -0.4 is 9.47 Å². The zero-order chi connectivity index (χ0) is 25.1. The summed E-state index contributed by atoms with van der Waals surface area (Å²) in [6.45, 7) is 0.662. The van der Waals surface area contributed by atoms with E-state index in [0.717, 1.165) is 28.0 Å². The molecule has 0 aliphatic carbocycles. The van der Waals surface area contributed by atoms with Crippen LogP contribution in [0.4, 0.5) is 5.69 Å². The monoisotopic (exact) mass is 479 g/mol. The summed E-state index contributed by atoms with van der Waals surface area (Å²) in [6, 6.07) is 29.1. The van der Waals surface area contributed by atoms with E-state index in [-0.39, 0.29) is 17.0 Å². The molecule has 0 bridgehead atoms. The SMILES string of the molecule is COc1cc(C(=O)Oc2ccc(-c3nc4ccccc4n3Cc3ccccc3)cc2)ccc1[N+](=O)[O-]. The molecule has 0 spiro atoms. The number of nitro groups is 1. The molecule has 8 nitrogen and oxygen atoms in total. The van der Waals surface area contributed by atoms with Gasteiger partial charge in [0.2, 0.25) is 0 Å². The molecule has 0 unspecified atom stereocenters. The van der Waals surface area contributed by atoms with Crippen LogP contribution in [0.15, 0.2) is 97.1 Å². The maximum atomic E-state index is 12.6. The molecule has 0 N–H and O–H groups in total. The quantitative estimate of drug-likeness (QED) is 0.125. The average Bonchev–Trinajstić information content (AvgIpc) is 3.27. The number of hydrogen-bond donors (Lipinski definition) is 0. The van der Waals surface area contributed by atoms with Gasteiger partial charge < -0.3 is 14.0 Å². The number of para-hydroxylation sites is 2. The Morgan fingerprint density at radius 1 is 0.944 bits per heavy atom. The number of hydrogen-bond acceptors (Lipinski definition) is 6. The minimum absolute atomic E-state index is 0.0119. The van der Waals surface area contributed by atoms with Crippen LogP contribution in [0, 0.1) is 10.1 Å². The Bertz CT molecular complexity index is 1560. The van der Waals surface area contributed by atoms with Gasteiger partial charge in [0.1, 0.15) is 11.6 Å². The Morgan fingerprint density at radius 3 is 2.39 bits per heavy atom. The smallest absolute Gasteiger partial charge is 0.343 e. The van der Waals surface area contributed by atoms with Gasteiger partial charge in [0.25, 0.3) is 0 Å². The van der Waals surface area contributed by atoms with E-state index in [1.54, 1.807) is 12.1 Å². The minimum Gasteiger partial charge on any atom is -0.490 e. The predicted octanol–water partition coefficient (Wildman–Crippen LogP) is 5.89. The first-order valence-electron chi connectivity index (χ1n) is 11.2. The second kappa shape index (κ2) is 9.71. The topological polar surface area (TPSA) is 96.5 Å². The van der Waals surface area contributed by atoms with E-state index < -0.39 is 10.9 Å². The van der Waals surface area contributed by atoms with Crippen molar-refractivity contribution in [3.8, 4) is 22.9 Å². The predicted molar refractivity (Wildman–Crippen MR) is 135 cm³/mol. The Kier molecular flexibility index (Phi) is 6.15. The van der Waals surface area contributed by atoms with E-state index in [0.29, 0.717) is 12.3 Å². The molecule has 0 aliphatic rings. The van der Waals surface area contributed by atoms with Crippen LogP contribution in [0.1, 0.15) is 15.9 Å². The molecule has 1 heterocycles. The van der Waals surface area contributed by atoms with Crippen molar-refractivity contribution in [3.63, 3.8) is 0 Å². The van der Waals surface area contributed by atoms with Crippen molar-refractivity contribution in [3.05, 3.63) is 118 Å². The van der Waals surface area contributed by atoms with Crippen LogP contribution >= 0.6 is 0 Å². The van der Waals surface area contributed by atoms with Crippen LogP contribution in [0.3, 0.4) is 0 Å². The van der Waals surface area contributed by atoms with Crippen molar-refractivity contribution in [2.75, 3.05) is 7.11 Å². The second-order valence-electron chi connectivity index (χ2n) is 8.05. The molecule has 178 valence electrons. The van der Waals surface area contributed by atoms with Crippen molar-refractivity contribution in [1.82, 2.24) is 9.55 Å². The molecule has 5 rings (SSSR count). The van der Waals surface area contributed by atoms with E-state index in [9.17, 15) is 14.9 Å². The molecule has 0 aliphatic heterocycles. The summed E-state index contributed by atoms with van der Waals surface area (Å²) in [4.78, 5) is 28.0. The molecule has 1 aromatic heterocycles. The number of ether oxygens (including phenoxy) is 2. The van der Waals surface area contributed by atoms with Gasteiger partial charge >= 0.3 is 11.7 Å². The molecule has 0 fully saturated rings. The minimum atomic E-state index is -0.646. The summed E-state index contributed by atoms with van der Waals surface area (Å²) < 4.78 is 12.7. The third-order valence-corrected chi connectivity index (χ3v) is 5.77. The van der Waals surface area contributed by atoms with Crippen LogP contribution in [-0.4, -0.2) is 27.6 Å². The highest BCUT2D eigenvalue weighted by molar-refractivity contribution is 5.92. The molecule has 4 aromatic carbocycles. The van der Waals surface area contributed by atoms with Crippen molar-refractivity contribution in [2.45, 2.75) is 6.54 Å². The Morgan fingerprint density at radius 2 is 1.67 bits per heavy atom. The van der Waals surface area contributed by atoms with Crippen molar-refractivity contribution in [2.24, 2.45) is 0 Å². The fourth-order valence-electron chi connectivity index (χ4n) is 4.02. The molecule has 36 heavy (non-hydrogen) atoms. The zero-order valence-corrected chi connectivity index (χ0v) is 19.3. The number of carbonyl (C=O) groups is 1. The number of benzene rings is 4. The van der Waals surface area contributed by atoms with Crippen molar-refractivity contribution < 1.29 is 19.2 Å². The molecular weight excluding hydrogens is 458 g/mol. The zero-order valence-electron chi connectivity index (χ0n) is 19.3. The molecule has 8 heteroatoms. The van der Waals surface area contributed by atoms with Crippen LogP contribution in [-0.2, 0) is 6.54 Å². The second-order valence-corrected chi connectivity index (χ2v) is 8.05. The number of methoxy groups -OCH3 is 1. The maximum Gasteiger partial charge on any atom is 0.343 e. The Balaban J connectivity index is 1.41. The van der Waals surface area contributed by atoms with Gasteiger partial charge in [0, 0.05) is 24.2 Å². The van der Waals surface area contributed by atoms with Gasteiger partial charge in [-0.2, -0.15) is 0 Å². The molecule has 0 saturated heterocycles. The molecule has 0 atom stereocenters. The summed E-state index contributed by atoms with van der Waals surface area (Å²) in [5, 5.41) is 11.1. The van der Waals surface area contributed by atoms with Crippen molar-refractivity contribution in [1.29, 1.82) is 0 Å². The number of esters is 1. The standard InChI is InChI=1S/C28H21N3O5/c1-35-26-17-21(13-16-25(26)31(33)34)28(32)36-22-14-11-20(12-15-22)27-29-23-9-5-6-10-24(23)30(27)18-19-7-3-2-4-8-19/h2-17H,18H2,1H3. The summed E-state index contributed by atoms with van der Waals surface area (Å²) in [5.41, 5.74) is 3.87. The number of imidazole rings is 1. The lowest BCUT2D eigenvalue weighted by molar-refractivity contribution is -0.385. The highest BCUT2D eigenvalue weighted by Crippen LogP contribution is 2.30. The number of carbonyl (C=O) groups excluding carboxylic acids is 1. The summed E-state index contributed by atoms with van der Waals surface area (Å²) >= 11 is 0. The maximum absolute atomic E-state index is 12.6. The number of fused-ring (bicyclic) bond motifs is 1. The van der Waals surface area contributed by atoms with E-state index in [2.05, 4.69) is 16.7 Å². The van der Waals surface area contributed by atoms with Gasteiger partial charge in [-0.3, -0.25) is 10.1 Å². The normalized spacial score (nSPS) is 10.8. The fraction of sp³-hybridized carbons (Fsp3) is 0.0714. The summed E-state index contributed by atoms with van der Waals surface area (Å²) in [5.74, 6) is 0.485.